The molecule has 4 rings (SSSR count). The topological polar surface area (TPSA) is 72.1 Å². The van der Waals surface area contributed by atoms with Gasteiger partial charge in [-0.1, -0.05) is 12.1 Å². The predicted octanol–water partition coefficient (Wildman–Crippen LogP) is 3.20. The standard InChI is InChI=1S/C19H20N4O2/c1-2-15-10-18(25-22-15)19(24)23-8-5-13(6-9-23)16-11-17-14(12-21-16)4-3-7-20-17/h3-4,7,10-13H,2,5-6,8-9H2,1H3. The molecular formula is C19H20N4O2. The predicted molar refractivity (Wildman–Crippen MR) is 93.3 cm³/mol. The van der Waals surface area contributed by atoms with Gasteiger partial charge in [0, 0.05) is 48.5 Å². The van der Waals surface area contributed by atoms with Gasteiger partial charge in [-0.15, -0.1) is 0 Å². The summed E-state index contributed by atoms with van der Waals surface area (Å²) in [6.45, 7) is 3.39. The molecule has 0 unspecified atom stereocenters. The molecule has 1 aliphatic heterocycles. The Kier molecular flexibility index (Phi) is 4.17. The molecule has 0 bridgehead atoms. The summed E-state index contributed by atoms with van der Waals surface area (Å²) in [5.41, 5.74) is 2.84. The van der Waals surface area contributed by atoms with Gasteiger partial charge in [-0.05, 0) is 37.5 Å². The van der Waals surface area contributed by atoms with Gasteiger partial charge in [-0.2, -0.15) is 0 Å². The molecule has 25 heavy (non-hydrogen) atoms. The Hall–Kier alpha value is -2.76. The Morgan fingerprint density at radius 2 is 2.12 bits per heavy atom. The summed E-state index contributed by atoms with van der Waals surface area (Å²) in [6, 6.07) is 7.75. The van der Waals surface area contributed by atoms with Gasteiger partial charge in [0.2, 0.25) is 5.76 Å². The van der Waals surface area contributed by atoms with E-state index in [-0.39, 0.29) is 5.91 Å². The van der Waals surface area contributed by atoms with E-state index in [9.17, 15) is 4.79 Å². The third-order valence-electron chi connectivity index (χ3n) is 4.84. The second-order valence-electron chi connectivity index (χ2n) is 6.41. The number of hydrogen-bond donors (Lipinski definition) is 0. The van der Waals surface area contributed by atoms with Gasteiger partial charge in [0.05, 0.1) is 11.2 Å². The molecule has 0 radical (unpaired) electrons. The molecule has 4 heterocycles. The maximum Gasteiger partial charge on any atom is 0.292 e. The van der Waals surface area contributed by atoms with Crippen molar-refractivity contribution in [3.63, 3.8) is 0 Å². The van der Waals surface area contributed by atoms with Gasteiger partial charge in [-0.3, -0.25) is 14.8 Å². The molecule has 6 nitrogen and oxygen atoms in total. The average Bonchev–Trinajstić information content (AvgIpc) is 3.16. The Balaban J connectivity index is 1.44. The van der Waals surface area contributed by atoms with Crippen LogP contribution >= 0.6 is 0 Å². The summed E-state index contributed by atoms with van der Waals surface area (Å²) in [4.78, 5) is 23.4. The average molecular weight is 336 g/mol. The van der Waals surface area contributed by atoms with Crippen molar-refractivity contribution in [2.45, 2.75) is 32.1 Å². The highest BCUT2D eigenvalue weighted by molar-refractivity contribution is 5.91. The van der Waals surface area contributed by atoms with Gasteiger partial charge < -0.3 is 9.42 Å². The number of pyridine rings is 2. The lowest BCUT2D eigenvalue weighted by Gasteiger charge is -2.31. The molecule has 0 atom stereocenters. The molecule has 1 aliphatic rings. The van der Waals surface area contributed by atoms with Crippen LogP contribution in [-0.2, 0) is 6.42 Å². The van der Waals surface area contributed by atoms with Crippen molar-refractivity contribution in [3.8, 4) is 0 Å². The van der Waals surface area contributed by atoms with Crippen LogP contribution in [0.2, 0.25) is 0 Å². The van der Waals surface area contributed by atoms with Crippen LogP contribution in [0.1, 0.15) is 47.6 Å². The lowest BCUT2D eigenvalue weighted by atomic mass is 9.92. The van der Waals surface area contributed by atoms with E-state index in [0.717, 1.165) is 41.6 Å². The third kappa shape index (κ3) is 3.12. The maximum absolute atomic E-state index is 12.5. The molecule has 0 aliphatic carbocycles. The SMILES string of the molecule is CCc1cc(C(=O)N2CCC(c3cc4ncccc4cn3)CC2)on1. The lowest BCUT2D eigenvalue weighted by Crippen LogP contribution is -2.37. The van der Waals surface area contributed by atoms with E-state index >= 15 is 0 Å². The van der Waals surface area contributed by atoms with Crippen molar-refractivity contribution < 1.29 is 9.32 Å². The van der Waals surface area contributed by atoms with Crippen LogP contribution in [0.3, 0.4) is 0 Å². The van der Waals surface area contributed by atoms with Gasteiger partial charge in [0.25, 0.3) is 5.91 Å². The first-order valence-corrected chi connectivity index (χ1v) is 8.70. The minimum absolute atomic E-state index is 0.0706. The van der Waals surface area contributed by atoms with Crippen LogP contribution in [0.5, 0.6) is 0 Å². The fourth-order valence-electron chi connectivity index (χ4n) is 3.32. The molecule has 0 aromatic carbocycles. The Morgan fingerprint density at radius 1 is 1.28 bits per heavy atom. The smallest absolute Gasteiger partial charge is 0.292 e. The van der Waals surface area contributed by atoms with E-state index in [2.05, 4.69) is 21.2 Å². The fourth-order valence-corrected chi connectivity index (χ4v) is 3.32. The minimum Gasteiger partial charge on any atom is -0.351 e. The molecule has 1 amide bonds. The van der Waals surface area contributed by atoms with Crippen molar-refractivity contribution in [3.05, 3.63) is 53.8 Å². The van der Waals surface area contributed by atoms with Crippen LogP contribution in [0.4, 0.5) is 0 Å². The largest absolute Gasteiger partial charge is 0.351 e. The van der Waals surface area contributed by atoms with E-state index in [4.69, 9.17) is 4.52 Å². The van der Waals surface area contributed by atoms with Crippen LogP contribution in [0.15, 0.2) is 41.2 Å². The molecule has 0 spiro atoms. The molecule has 6 heteroatoms. The number of amides is 1. The van der Waals surface area contributed by atoms with Gasteiger partial charge in [0.1, 0.15) is 0 Å². The Labute approximate surface area is 145 Å². The normalized spacial score (nSPS) is 15.6. The molecular weight excluding hydrogens is 316 g/mol. The monoisotopic (exact) mass is 336 g/mol. The molecule has 0 N–H and O–H groups in total. The van der Waals surface area contributed by atoms with Crippen LogP contribution in [0, 0.1) is 0 Å². The molecule has 0 saturated carbocycles. The van der Waals surface area contributed by atoms with E-state index in [0.29, 0.717) is 24.8 Å². The zero-order valence-corrected chi connectivity index (χ0v) is 14.2. The van der Waals surface area contributed by atoms with E-state index in [1.54, 1.807) is 12.3 Å². The Morgan fingerprint density at radius 3 is 2.88 bits per heavy atom. The first-order chi connectivity index (χ1) is 12.2. The first-order valence-electron chi connectivity index (χ1n) is 8.70. The van der Waals surface area contributed by atoms with E-state index < -0.39 is 0 Å². The fraction of sp³-hybridized carbons (Fsp3) is 0.368. The number of nitrogens with zero attached hydrogens (tertiary/aromatic N) is 4. The number of hydrogen-bond acceptors (Lipinski definition) is 5. The molecule has 1 saturated heterocycles. The Bertz CT molecular complexity index is 897. The van der Waals surface area contributed by atoms with Crippen molar-refractivity contribution in [1.29, 1.82) is 0 Å². The maximum atomic E-state index is 12.5. The molecule has 1 fully saturated rings. The second kappa shape index (κ2) is 6.63. The molecule has 3 aromatic heterocycles. The highest BCUT2D eigenvalue weighted by Gasteiger charge is 2.27. The van der Waals surface area contributed by atoms with Gasteiger partial charge in [0.15, 0.2) is 0 Å². The van der Waals surface area contributed by atoms with Crippen molar-refractivity contribution in [2.75, 3.05) is 13.1 Å². The highest BCUT2D eigenvalue weighted by Crippen LogP contribution is 2.28. The van der Waals surface area contributed by atoms with Crippen molar-refractivity contribution in [1.82, 2.24) is 20.0 Å². The number of fused-ring (bicyclic) bond motifs is 1. The van der Waals surface area contributed by atoms with Crippen LogP contribution < -0.4 is 0 Å². The lowest BCUT2D eigenvalue weighted by molar-refractivity contribution is 0.0670. The number of carbonyl (C=O) groups excluding carboxylic acids is 1. The first kappa shape index (κ1) is 15.7. The minimum atomic E-state index is -0.0706. The van der Waals surface area contributed by atoms with E-state index in [1.165, 1.54) is 0 Å². The molecule has 128 valence electrons. The number of aromatic nitrogens is 3. The van der Waals surface area contributed by atoms with E-state index in [1.807, 2.05) is 30.2 Å². The number of likely N-dealkylation sites (tertiary alicyclic amines) is 1. The van der Waals surface area contributed by atoms with Gasteiger partial charge >= 0.3 is 0 Å². The summed E-state index contributed by atoms with van der Waals surface area (Å²) in [5.74, 6) is 0.624. The summed E-state index contributed by atoms with van der Waals surface area (Å²) >= 11 is 0. The van der Waals surface area contributed by atoms with Crippen LogP contribution in [-0.4, -0.2) is 39.0 Å². The zero-order valence-electron chi connectivity index (χ0n) is 14.2. The van der Waals surface area contributed by atoms with Crippen LogP contribution in [0.25, 0.3) is 10.9 Å². The highest BCUT2D eigenvalue weighted by atomic mass is 16.5. The summed E-state index contributed by atoms with van der Waals surface area (Å²) < 4.78 is 5.17. The quantitative estimate of drug-likeness (QED) is 0.734. The number of piperidine rings is 1. The van der Waals surface area contributed by atoms with Gasteiger partial charge in [-0.25, -0.2) is 0 Å². The number of aryl methyl sites for hydroxylation is 1. The summed E-state index contributed by atoms with van der Waals surface area (Å²) in [7, 11) is 0. The number of carbonyl (C=O) groups is 1. The summed E-state index contributed by atoms with van der Waals surface area (Å²) in [5, 5.41) is 4.95. The van der Waals surface area contributed by atoms with Crippen molar-refractivity contribution >= 4 is 16.8 Å². The zero-order chi connectivity index (χ0) is 17.2. The number of rotatable bonds is 3. The second-order valence-corrected chi connectivity index (χ2v) is 6.41. The van der Waals surface area contributed by atoms with Crippen molar-refractivity contribution in [2.24, 2.45) is 0 Å². The summed E-state index contributed by atoms with van der Waals surface area (Å²) in [6.07, 6.45) is 6.24. The third-order valence-corrected chi connectivity index (χ3v) is 4.84. The molecule has 3 aromatic rings.